The monoisotopic (exact) mass is 538 g/mol. The number of sulfonamides is 1. The Balaban J connectivity index is 0.000000579. The van der Waals surface area contributed by atoms with Gasteiger partial charge in [-0.3, -0.25) is 0 Å². The molecule has 1 aromatic rings. The number of likely N-dealkylation sites (N-methyl/N-ethyl adjacent to an activating group) is 1. The smallest absolute Gasteiger partial charge is 0.216 e. The number of nitrogens with zero attached hydrogens (tertiary/aromatic N) is 1. The van der Waals surface area contributed by atoms with Gasteiger partial charge in [0.05, 0.1) is 14.2 Å². The van der Waals surface area contributed by atoms with E-state index in [9.17, 15) is 8.42 Å². The van der Waals surface area contributed by atoms with Gasteiger partial charge in [-0.05, 0) is 69.3 Å². The summed E-state index contributed by atoms with van der Waals surface area (Å²) < 4.78 is 33.9. The highest BCUT2D eigenvalue weighted by atomic mass is 32.2. The number of hydrogen-bond acceptors (Lipinski definition) is 5. The zero-order chi connectivity index (χ0) is 28.9. The minimum Gasteiger partial charge on any atom is -0.493 e. The number of allylic oxidation sites excluding steroid dienone is 3. The van der Waals surface area contributed by atoms with Crippen molar-refractivity contribution in [2.75, 3.05) is 27.8 Å². The van der Waals surface area contributed by atoms with Crippen molar-refractivity contribution in [3.05, 3.63) is 46.1 Å². The Morgan fingerprint density at radius 2 is 1.43 bits per heavy atom. The molecule has 1 heterocycles. The highest BCUT2D eigenvalue weighted by molar-refractivity contribution is 7.90. The van der Waals surface area contributed by atoms with Crippen LogP contribution in [0.1, 0.15) is 86.3 Å². The molecule has 0 spiro atoms. The topological polar surface area (TPSA) is 81.9 Å². The Morgan fingerprint density at radius 1 is 0.946 bits per heavy atom. The molecule has 2 N–H and O–H groups in total. The number of rotatable bonds is 4. The number of hydrogen-bond donors (Lipinski definition) is 1. The molecule has 0 saturated heterocycles. The highest BCUT2D eigenvalue weighted by Gasteiger charge is 2.33. The predicted octanol–water partition coefficient (Wildman–Crippen LogP) is 6.74. The van der Waals surface area contributed by atoms with E-state index >= 15 is 0 Å². The van der Waals surface area contributed by atoms with Gasteiger partial charge in [0.1, 0.15) is 5.25 Å². The number of ether oxygens (including phenoxy) is 2. The van der Waals surface area contributed by atoms with Crippen molar-refractivity contribution in [3.63, 3.8) is 0 Å². The van der Waals surface area contributed by atoms with Gasteiger partial charge in [0.15, 0.2) is 11.5 Å². The number of nitrogens with two attached hydrogens (primary N) is 1. The van der Waals surface area contributed by atoms with Crippen LogP contribution in [-0.2, 0) is 23.0 Å². The van der Waals surface area contributed by atoms with Crippen LogP contribution >= 0.6 is 0 Å². The van der Waals surface area contributed by atoms with Crippen molar-refractivity contribution >= 4 is 10.0 Å². The van der Waals surface area contributed by atoms with Crippen molar-refractivity contribution in [1.29, 1.82) is 0 Å². The SMILES string of the molecule is CC.CC1=CC(C)C(C)=C(C)C(C)C1S(N)(=O)=O.CCCC.COc1cc2c(cc1OC)CN(C)CC2. The number of primary sulfonamides is 1. The van der Waals surface area contributed by atoms with E-state index in [-0.39, 0.29) is 11.8 Å². The van der Waals surface area contributed by atoms with Crippen LogP contribution in [0, 0.1) is 11.8 Å². The van der Waals surface area contributed by atoms with Crippen molar-refractivity contribution in [2.24, 2.45) is 17.0 Å². The molecule has 0 bridgehead atoms. The molecule has 1 aromatic carbocycles. The zero-order valence-corrected chi connectivity index (χ0v) is 26.4. The minimum atomic E-state index is -3.53. The normalized spacial score (nSPS) is 21.4. The summed E-state index contributed by atoms with van der Waals surface area (Å²) in [6.45, 7) is 20.4. The fraction of sp³-hybridized carbons (Fsp3) is 0.667. The van der Waals surface area contributed by atoms with Crippen molar-refractivity contribution in [1.82, 2.24) is 4.90 Å². The van der Waals surface area contributed by atoms with E-state index in [1.165, 1.54) is 29.5 Å². The van der Waals surface area contributed by atoms with Gasteiger partial charge in [-0.25, -0.2) is 13.6 Å². The summed E-state index contributed by atoms with van der Waals surface area (Å²) in [5, 5.41) is 4.75. The molecule has 0 amide bonds. The van der Waals surface area contributed by atoms with Gasteiger partial charge in [-0.1, -0.05) is 77.2 Å². The maximum atomic E-state index is 11.6. The van der Waals surface area contributed by atoms with Crippen molar-refractivity contribution in [2.45, 2.75) is 93.4 Å². The van der Waals surface area contributed by atoms with E-state index in [1.54, 1.807) is 14.2 Å². The molecule has 1 aliphatic heterocycles. The van der Waals surface area contributed by atoms with Gasteiger partial charge in [0.2, 0.25) is 10.0 Å². The third kappa shape index (κ3) is 10.5. The van der Waals surface area contributed by atoms with E-state index in [0.29, 0.717) is 0 Å². The molecule has 0 aromatic heterocycles. The molecule has 0 radical (unpaired) electrons. The lowest BCUT2D eigenvalue weighted by Crippen LogP contribution is -2.35. The average Bonchev–Trinajstić information content (AvgIpc) is 2.94. The number of methoxy groups -OCH3 is 2. The average molecular weight is 539 g/mol. The summed E-state index contributed by atoms with van der Waals surface area (Å²) in [6, 6.07) is 4.19. The summed E-state index contributed by atoms with van der Waals surface area (Å²) in [6.07, 6.45) is 5.74. The van der Waals surface area contributed by atoms with Crippen LogP contribution in [0.2, 0.25) is 0 Å². The van der Waals surface area contributed by atoms with Gasteiger partial charge in [0.25, 0.3) is 0 Å². The Kier molecular flexibility index (Phi) is 16.1. The molecule has 0 saturated carbocycles. The first kappa shape index (κ1) is 35.2. The molecular formula is C30H54N2O4S. The fourth-order valence-electron chi connectivity index (χ4n) is 4.52. The minimum absolute atomic E-state index is 0.0452. The zero-order valence-electron chi connectivity index (χ0n) is 25.6. The molecule has 7 heteroatoms. The van der Waals surface area contributed by atoms with Crippen molar-refractivity contribution in [3.8, 4) is 11.5 Å². The summed E-state index contributed by atoms with van der Waals surface area (Å²) in [5.41, 5.74) is 5.98. The van der Waals surface area contributed by atoms with Gasteiger partial charge < -0.3 is 14.4 Å². The molecule has 3 unspecified atom stereocenters. The lowest BCUT2D eigenvalue weighted by Gasteiger charge is -2.26. The van der Waals surface area contributed by atoms with Crippen LogP contribution in [0.5, 0.6) is 11.5 Å². The molecule has 3 rings (SSSR count). The Morgan fingerprint density at radius 3 is 1.86 bits per heavy atom. The largest absolute Gasteiger partial charge is 0.493 e. The van der Waals surface area contributed by atoms with Crippen LogP contribution in [-0.4, -0.2) is 46.4 Å². The second-order valence-corrected chi connectivity index (χ2v) is 11.5. The van der Waals surface area contributed by atoms with E-state index in [4.69, 9.17) is 14.6 Å². The lowest BCUT2D eigenvalue weighted by atomic mass is 9.92. The fourth-order valence-corrected chi connectivity index (χ4v) is 5.89. The third-order valence-corrected chi connectivity index (χ3v) is 8.65. The summed E-state index contributed by atoms with van der Waals surface area (Å²) >= 11 is 0. The predicted molar refractivity (Wildman–Crippen MR) is 159 cm³/mol. The highest BCUT2D eigenvalue weighted by Crippen LogP contribution is 2.34. The Labute approximate surface area is 228 Å². The first-order valence-electron chi connectivity index (χ1n) is 13.6. The van der Waals surface area contributed by atoms with Crippen molar-refractivity contribution < 1.29 is 17.9 Å². The maximum absolute atomic E-state index is 11.6. The summed E-state index contributed by atoms with van der Waals surface area (Å²) in [4.78, 5) is 2.31. The second-order valence-electron chi connectivity index (χ2n) is 9.83. The molecule has 3 atom stereocenters. The standard InChI is InChI=1S/C12H21NO2S.C12H17NO2.C4H10.C2H6/c1-7-6-8(2)12(16(13,14)15)11(5)10(4)9(7)3;1-13-5-4-9-6-11(14-2)12(15-3)7-10(9)8-13;1-3-4-2;1-2/h6-7,11-12H,1-5H3,(H2,13,14,15);6-7H,4-5,8H2,1-3H3;3-4H2,1-2H3;1-2H3. The molecule has 214 valence electrons. The molecule has 6 nitrogen and oxygen atoms in total. The van der Waals surface area contributed by atoms with Crippen LogP contribution in [0.3, 0.4) is 0 Å². The van der Waals surface area contributed by atoms with Crippen LogP contribution in [0.15, 0.2) is 34.9 Å². The second kappa shape index (κ2) is 16.9. The number of fused-ring (bicyclic) bond motifs is 1. The van der Waals surface area contributed by atoms with E-state index < -0.39 is 15.3 Å². The van der Waals surface area contributed by atoms with Gasteiger partial charge >= 0.3 is 0 Å². The van der Waals surface area contributed by atoms with Gasteiger partial charge in [-0.15, -0.1) is 0 Å². The third-order valence-electron chi connectivity index (χ3n) is 7.17. The molecule has 1 aliphatic carbocycles. The Bertz CT molecular complexity index is 997. The lowest BCUT2D eigenvalue weighted by molar-refractivity contribution is 0.308. The van der Waals surface area contributed by atoms with E-state index in [0.717, 1.165) is 42.2 Å². The quantitative estimate of drug-likeness (QED) is 0.430. The number of unbranched alkanes of at least 4 members (excludes halogenated alkanes) is 1. The molecule has 37 heavy (non-hydrogen) atoms. The molecular weight excluding hydrogens is 484 g/mol. The van der Waals surface area contributed by atoms with Crippen LogP contribution in [0.25, 0.3) is 0 Å². The summed E-state index contributed by atoms with van der Waals surface area (Å²) in [5.74, 6) is 1.90. The summed E-state index contributed by atoms with van der Waals surface area (Å²) in [7, 11) is 1.97. The molecule has 0 fully saturated rings. The first-order valence-corrected chi connectivity index (χ1v) is 15.2. The van der Waals surface area contributed by atoms with E-state index in [1.807, 2.05) is 40.7 Å². The van der Waals surface area contributed by atoms with Crippen LogP contribution < -0.4 is 14.6 Å². The Hall–Kier alpha value is -1.83. The maximum Gasteiger partial charge on any atom is 0.216 e. The van der Waals surface area contributed by atoms with E-state index in [2.05, 4.69) is 51.8 Å². The molecule has 2 aliphatic rings. The van der Waals surface area contributed by atoms with Gasteiger partial charge in [0, 0.05) is 13.1 Å². The first-order chi connectivity index (χ1) is 17.3. The van der Waals surface area contributed by atoms with Gasteiger partial charge in [-0.2, -0.15) is 0 Å². The van der Waals surface area contributed by atoms with Crippen LogP contribution in [0.4, 0.5) is 0 Å². The number of benzene rings is 1.